The highest BCUT2D eigenvalue weighted by Crippen LogP contribution is 2.35. The topological polar surface area (TPSA) is 62.6 Å². The van der Waals surface area contributed by atoms with E-state index in [1.165, 1.54) is 16.8 Å². The lowest BCUT2D eigenvalue weighted by atomic mass is 10.1. The van der Waals surface area contributed by atoms with Crippen LogP contribution in [0.3, 0.4) is 0 Å². The summed E-state index contributed by atoms with van der Waals surface area (Å²) in [5, 5.41) is 5.19. The average Bonchev–Trinajstić information content (AvgIpc) is 3.12. The zero-order valence-electron chi connectivity index (χ0n) is 17.7. The van der Waals surface area contributed by atoms with Gasteiger partial charge in [0, 0.05) is 35.2 Å². The van der Waals surface area contributed by atoms with Crippen LogP contribution < -0.4 is 17.8 Å². The van der Waals surface area contributed by atoms with Crippen molar-refractivity contribution >= 4 is 29.8 Å². The molecule has 1 N–H and O–H groups in total. The van der Waals surface area contributed by atoms with E-state index in [4.69, 9.17) is 16.3 Å². The predicted octanol–water partition coefficient (Wildman–Crippen LogP) is 1.61. The molecule has 1 fully saturated rings. The molecule has 0 atom stereocenters. The van der Waals surface area contributed by atoms with Crippen LogP contribution in [0, 0.1) is 13.8 Å². The third kappa shape index (κ3) is 6.06. The summed E-state index contributed by atoms with van der Waals surface area (Å²) in [6, 6.07) is 9.90. The zero-order chi connectivity index (χ0) is 20.9. The molecule has 0 bridgehead atoms. The molecule has 164 valence electrons. The molecule has 2 heterocycles. The van der Waals surface area contributed by atoms with E-state index in [2.05, 4.69) is 43.6 Å². The molecule has 31 heavy (non-hydrogen) atoms. The Morgan fingerprint density at radius 2 is 1.74 bits per heavy atom. The summed E-state index contributed by atoms with van der Waals surface area (Å²) in [4.78, 5) is 11.2. The van der Waals surface area contributed by atoms with Crippen molar-refractivity contribution in [1.82, 2.24) is 14.9 Å². The zero-order valence-corrected chi connectivity index (χ0v) is 19.2. The Bertz CT molecular complexity index is 975. The van der Waals surface area contributed by atoms with Gasteiger partial charge in [0.15, 0.2) is 0 Å². The Morgan fingerprint density at radius 1 is 1.06 bits per heavy atom. The highest BCUT2D eigenvalue weighted by Gasteiger charge is 2.25. The Kier molecular flexibility index (Phi) is 8.07. The molecule has 2 aromatic rings. The molecule has 2 aliphatic rings. The lowest BCUT2D eigenvalue weighted by Crippen LogP contribution is -3.00. The number of allylic oxidation sites excluding steroid dienone is 2. The number of hydrogen-bond donors (Lipinski definition) is 1. The SMILES string of the molecule is Cc1cc(C)nc(NN=CC2=C(N3CCOCC3)/C(=C/c3ccc(Cl)cc3)CC2)n1.[Cl-]. The number of aromatic nitrogens is 2. The van der Waals surface area contributed by atoms with Gasteiger partial charge in [0.2, 0.25) is 5.95 Å². The van der Waals surface area contributed by atoms with E-state index < -0.39 is 0 Å². The van der Waals surface area contributed by atoms with Crippen molar-refractivity contribution in [3.05, 3.63) is 69.1 Å². The van der Waals surface area contributed by atoms with Crippen molar-refractivity contribution in [1.29, 1.82) is 0 Å². The van der Waals surface area contributed by atoms with Crippen molar-refractivity contribution in [2.75, 3.05) is 31.7 Å². The van der Waals surface area contributed by atoms with E-state index in [1.807, 2.05) is 38.3 Å². The molecular weight excluding hydrogens is 433 g/mol. The second-order valence-corrected chi connectivity index (χ2v) is 7.98. The van der Waals surface area contributed by atoms with E-state index in [9.17, 15) is 0 Å². The highest BCUT2D eigenvalue weighted by atomic mass is 35.5. The van der Waals surface area contributed by atoms with Crippen LogP contribution in [-0.2, 0) is 4.74 Å². The third-order valence-electron chi connectivity index (χ3n) is 5.18. The van der Waals surface area contributed by atoms with Crippen LogP contribution in [0.4, 0.5) is 5.95 Å². The molecule has 1 aliphatic heterocycles. The van der Waals surface area contributed by atoms with Gasteiger partial charge in [-0.05, 0) is 67.7 Å². The number of nitrogens with zero attached hydrogens (tertiary/aromatic N) is 4. The van der Waals surface area contributed by atoms with E-state index >= 15 is 0 Å². The summed E-state index contributed by atoms with van der Waals surface area (Å²) >= 11 is 6.04. The number of aryl methyl sites for hydroxylation is 2. The number of hydrazone groups is 1. The maximum absolute atomic E-state index is 6.04. The Morgan fingerprint density at radius 3 is 2.42 bits per heavy atom. The lowest BCUT2D eigenvalue weighted by molar-refractivity contribution is -0.00000735. The average molecular weight is 459 g/mol. The number of ether oxygens (including phenoxy) is 1. The minimum absolute atomic E-state index is 0. The van der Waals surface area contributed by atoms with Crippen molar-refractivity contribution in [2.45, 2.75) is 26.7 Å². The summed E-state index contributed by atoms with van der Waals surface area (Å²) in [7, 11) is 0. The monoisotopic (exact) mass is 458 g/mol. The second kappa shape index (κ2) is 10.8. The molecule has 4 rings (SSSR count). The molecule has 0 unspecified atom stereocenters. The molecule has 0 saturated carbocycles. The van der Waals surface area contributed by atoms with Gasteiger partial charge in [0.05, 0.1) is 19.4 Å². The van der Waals surface area contributed by atoms with Crippen LogP contribution in [-0.4, -0.2) is 47.4 Å². The summed E-state index contributed by atoms with van der Waals surface area (Å²) in [5.74, 6) is 0.521. The molecule has 1 aromatic heterocycles. The number of nitrogens with one attached hydrogen (secondary N) is 1. The Balaban J connectivity index is 0.00000272. The first-order valence-corrected chi connectivity index (χ1v) is 10.6. The fraction of sp³-hybridized carbons (Fsp3) is 0.348. The van der Waals surface area contributed by atoms with Crippen LogP contribution >= 0.6 is 11.6 Å². The highest BCUT2D eigenvalue weighted by molar-refractivity contribution is 6.30. The van der Waals surface area contributed by atoms with Gasteiger partial charge < -0.3 is 22.0 Å². The molecule has 1 aromatic carbocycles. The van der Waals surface area contributed by atoms with Crippen LogP contribution in [0.2, 0.25) is 5.02 Å². The Hall–Kier alpha value is -2.41. The van der Waals surface area contributed by atoms with Gasteiger partial charge in [-0.25, -0.2) is 15.4 Å². The predicted molar refractivity (Wildman–Crippen MR) is 122 cm³/mol. The summed E-state index contributed by atoms with van der Waals surface area (Å²) < 4.78 is 5.56. The number of halogens is 2. The van der Waals surface area contributed by atoms with Gasteiger partial charge in [0.1, 0.15) is 0 Å². The van der Waals surface area contributed by atoms with Gasteiger partial charge in [-0.2, -0.15) is 5.10 Å². The second-order valence-electron chi connectivity index (χ2n) is 7.54. The van der Waals surface area contributed by atoms with Gasteiger partial charge in [-0.3, -0.25) is 0 Å². The minimum atomic E-state index is 0. The Labute approximate surface area is 194 Å². The summed E-state index contributed by atoms with van der Waals surface area (Å²) in [5.41, 5.74) is 9.78. The fourth-order valence-electron chi connectivity index (χ4n) is 3.88. The van der Waals surface area contributed by atoms with E-state index in [-0.39, 0.29) is 12.4 Å². The molecule has 0 amide bonds. The van der Waals surface area contributed by atoms with Gasteiger partial charge >= 0.3 is 0 Å². The van der Waals surface area contributed by atoms with Gasteiger partial charge in [-0.1, -0.05) is 23.7 Å². The molecule has 1 saturated heterocycles. The van der Waals surface area contributed by atoms with Crippen LogP contribution in [0.25, 0.3) is 6.08 Å². The number of hydrogen-bond acceptors (Lipinski definition) is 6. The lowest BCUT2D eigenvalue weighted by Gasteiger charge is -2.31. The van der Waals surface area contributed by atoms with Crippen molar-refractivity contribution < 1.29 is 17.1 Å². The maximum atomic E-state index is 6.04. The largest absolute Gasteiger partial charge is 1.00 e. The van der Waals surface area contributed by atoms with Gasteiger partial charge in [-0.15, -0.1) is 0 Å². The summed E-state index contributed by atoms with van der Waals surface area (Å²) in [6.07, 6.45) is 6.10. The molecular formula is C23H26Cl2N5O-. The molecule has 0 spiro atoms. The summed E-state index contributed by atoms with van der Waals surface area (Å²) in [6.45, 7) is 7.17. The molecule has 1 aliphatic carbocycles. The van der Waals surface area contributed by atoms with Crippen molar-refractivity contribution in [3.63, 3.8) is 0 Å². The minimum Gasteiger partial charge on any atom is -1.00 e. The number of rotatable bonds is 5. The smallest absolute Gasteiger partial charge is 0.243 e. The molecule has 8 heteroatoms. The van der Waals surface area contributed by atoms with Gasteiger partial charge in [0.25, 0.3) is 0 Å². The van der Waals surface area contributed by atoms with E-state index in [0.717, 1.165) is 61.1 Å². The number of benzene rings is 1. The first-order valence-electron chi connectivity index (χ1n) is 10.2. The number of anilines is 1. The third-order valence-corrected chi connectivity index (χ3v) is 5.43. The fourth-order valence-corrected chi connectivity index (χ4v) is 4.00. The first kappa shape index (κ1) is 23.3. The van der Waals surface area contributed by atoms with E-state index in [1.54, 1.807) is 0 Å². The molecule has 6 nitrogen and oxygen atoms in total. The first-order chi connectivity index (χ1) is 14.6. The van der Waals surface area contributed by atoms with Crippen LogP contribution in [0.5, 0.6) is 0 Å². The normalized spacial score (nSPS) is 18.0. The van der Waals surface area contributed by atoms with Crippen LogP contribution in [0.1, 0.15) is 29.8 Å². The van der Waals surface area contributed by atoms with E-state index in [0.29, 0.717) is 5.95 Å². The van der Waals surface area contributed by atoms with Crippen LogP contribution in [0.15, 0.2) is 52.3 Å². The quantitative estimate of drug-likeness (QED) is 0.544. The van der Waals surface area contributed by atoms with Crippen molar-refractivity contribution in [2.24, 2.45) is 5.10 Å². The van der Waals surface area contributed by atoms with Crippen molar-refractivity contribution in [3.8, 4) is 0 Å². The molecule has 0 radical (unpaired) electrons. The standard InChI is InChI=1S/C23H26ClN5O.ClH/c1-16-13-17(2)27-23(26-16)28-25-15-20-6-5-19(14-18-3-7-21(24)8-4-18)22(20)29-9-11-30-12-10-29;/h3-4,7-8,13-15H,5-6,9-12H2,1-2H3,(H,26,27,28);1H/p-1/b19-14+,25-15?;. The number of morpholine rings is 1. The maximum Gasteiger partial charge on any atom is 0.243 e.